The number of amides is 3. The van der Waals surface area contributed by atoms with Gasteiger partial charge in [0.1, 0.15) is 0 Å². The van der Waals surface area contributed by atoms with Gasteiger partial charge in [-0.1, -0.05) is 6.07 Å². The number of nitrogens with zero attached hydrogens (tertiary/aromatic N) is 1. The van der Waals surface area contributed by atoms with E-state index in [9.17, 15) is 36.0 Å². The molecule has 0 saturated carbocycles. The molecule has 0 radical (unpaired) electrons. The van der Waals surface area contributed by atoms with Gasteiger partial charge in [0.05, 0.1) is 16.4 Å². The molecular formula is C16H18F3N3O6S. The molecule has 1 saturated heterocycles. The van der Waals surface area contributed by atoms with Gasteiger partial charge in [-0.2, -0.15) is 17.5 Å². The van der Waals surface area contributed by atoms with Crippen LogP contribution in [0.15, 0.2) is 29.2 Å². The van der Waals surface area contributed by atoms with Crippen LogP contribution in [0.5, 0.6) is 0 Å². The Balaban J connectivity index is 1.97. The van der Waals surface area contributed by atoms with Crippen molar-refractivity contribution in [3.63, 3.8) is 0 Å². The Morgan fingerprint density at radius 1 is 1.21 bits per heavy atom. The van der Waals surface area contributed by atoms with Crippen LogP contribution in [0.3, 0.4) is 0 Å². The van der Waals surface area contributed by atoms with Gasteiger partial charge < -0.3 is 10.5 Å². The van der Waals surface area contributed by atoms with Gasteiger partial charge in [-0.05, 0) is 31.0 Å². The molecule has 0 bridgehead atoms. The maximum absolute atomic E-state index is 12.8. The first-order valence-corrected chi connectivity index (χ1v) is 9.78. The normalized spacial score (nSPS) is 16.2. The fourth-order valence-corrected chi connectivity index (χ4v) is 4.26. The average molecular weight is 437 g/mol. The van der Waals surface area contributed by atoms with Crippen molar-refractivity contribution in [1.29, 1.82) is 0 Å². The monoisotopic (exact) mass is 437 g/mol. The number of esters is 1. The van der Waals surface area contributed by atoms with Gasteiger partial charge in [0.25, 0.3) is 5.91 Å². The Labute approximate surface area is 164 Å². The largest absolute Gasteiger partial charge is 0.455 e. The smallest absolute Gasteiger partial charge is 0.416 e. The van der Waals surface area contributed by atoms with Gasteiger partial charge in [-0.3, -0.25) is 14.9 Å². The van der Waals surface area contributed by atoms with E-state index in [0.29, 0.717) is 6.07 Å². The lowest BCUT2D eigenvalue weighted by molar-refractivity contribution is -0.153. The van der Waals surface area contributed by atoms with E-state index >= 15 is 0 Å². The summed E-state index contributed by atoms with van der Waals surface area (Å²) in [6.07, 6.45) is -4.55. The average Bonchev–Trinajstić information content (AvgIpc) is 2.65. The summed E-state index contributed by atoms with van der Waals surface area (Å²) in [5, 5.41) is 1.72. The minimum atomic E-state index is -4.68. The molecule has 0 aliphatic carbocycles. The van der Waals surface area contributed by atoms with Crippen LogP contribution < -0.4 is 11.1 Å². The standard InChI is InChI=1S/C16H18F3N3O6S/c17-16(18,19)11-2-1-3-12(8-11)29(26,27)22-6-4-10(5-7-22)14(24)28-9-13(23)21-15(20)25/h1-3,8,10H,4-7,9H2,(H3,20,21,23,25). The van der Waals surface area contributed by atoms with Crippen LogP contribution >= 0.6 is 0 Å². The van der Waals surface area contributed by atoms with Crippen LogP contribution in [-0.2, 0) is 30.5 Å². The molecule has 1 aliphatic rings. The zero-order valence-electron chi connectivity index (χ0n) is 14.9. The van der Waals surface area contributed by atoms with Crippen molar-refractivity contribution in [3.8, 4) is 0 Å². The molecule has 29 heavy (non-hydrogen) atoms. The fourth-order valence-electron chi connectivity index (χ4n) is 2.74. The summed E-state index contributed by atoms with van der Waals surface area (Å²) in [4.78, 5) is 33.2. The third kappa shape index (κ3) is 5.90. The molecule has 160 valence electrons. The Bertz CT molecular complexity index is 895. The summed E-state index contributed by atoms with van der Waals surface area (Å²) in [5.74, 6) is -2.35. The van der Waals surface area contributed by atoms with E-state index in [1.807, 2.05) is 0 Å². The number of hydrogen-bond acceptors (Lipinski definition) is 6. The Kier molecular flexibility index (Phi) is 6.85. The lowest BCUT2D eigenvalue weighted by atomic mass is 9.98. The summed E-state index contributed by atoms with van der Waals surface area (Å²) in [7, 11) is -4.17. The lowest BCUT2D eigenvalue weighted by Crippen LogP contribution is -2.42. The number of urea groups is 1. The highest BCUT2D eigenvalue weighted by molar-refractivity contribution is 7.89. The quantitative estimate of drug-likeness (QED) is 0.656. The summed E-state index contributed by atoms with van der Waals surface area (Å²) < 4.78 is 69.4. The number of alkyl halides is 3. The van der Waals surface area contributed by atoms with E-state index in [0.717, 1.165) is 22.5 Å². The summed E-state index contributed by atoms with van der Waals surface area (Å²) >= 11 is 0. The van der Waals surface area contributed by atoms with Gasteiger partial charge in [0, 0.05) is 13.1 Å². The van der Waals surface area contributed by atoms with Gasteiger partial charge in [0.2, 0.25) is 10.0 Å². The number of piperidine rings is 1. The number of sulfonamides is 1. The molecule has 3 amide bonds. The van der Waals surface area contributed by atoms with Gasteiger partial charge in [0.15, 0.2) is 6.61 Å². The van der Waals surface area contributed by atoms with Crippen molar-refractivity contribution in [2.45, 2.75) is 23.9 Å². The molecule has 0 atom stereocenters. The number of primary amides is 1. The Hall–Kier alpha value is -2.67. The zero-order chi connectivity index (χ0) is 21.8. The maximum Gasteiger partial charge on any atom is 0.416 e. The van der Waals surface area contributed by atoms with Crippen LogP contribution in [-0.4, -0.2) is 50.3 Å². The number of rotatable bonds is 5. The highest BCUT2D eigenvalue weighted by Gasteiger charge is 2.35. The molecule has 1 aromatic rings. The molecule has 0 aromatic heterocycles. The number of carbonyl (C=O) groups excluding carboxylic acids is 3. The van der Waals surface area contributed by atoms with Crippen LogP contribution in [0.1, 0.15) is 18.4 Å². The van der Waals surface area contributed by atoms with E-state index in [2.05, 4.69) is 0 Å². The second-order valence-electron chi connectivity index (χ2n) is 6.22. The summed E-state index contributed by atoms with van der Waals surface area (Å²) in [6.45, 7) is -0.928. The first-order valence-electron chi connectivity index (χ1n) is 8.34. The molecule has 9 nitrogen and oxygen atoms in total. The summed E-state index contributed by atoms with van der Waals surface area (Å²) in [5.41, 5.74) is 3.67. The zero-order valence-corrected chi connectivity index (χ0v) is 15.8. The molecule has 1 fully saturated rings. The second kappa shape index (κ2) is 8.78. The van der Waals surface area contributed by atoms with Crippen LogP contribution in [0.4, 0.5) is 18.0 Å². The molecule has 1 aliphatic heterocycles. The molecule has 0 unspecified atom stereocenters. The van der Waals surface area contributed by atoms with Crippen molar-refractivity contribution in [3.05, 3.63) is 29.8 Å². The molecule has 1 aromatic carbocycles. The van der Waals surface area contributed by atoms with E-state index in [4.69, 9.17) is 10.5 Å². The topological polar surface area (TPSA) is 136 Å². The van der Waals surface area contributed by atoms with Crippen molar-refractivity contribution >= 4 is 27.9 Å². The second-order valence-corrected chi connectivity index (χ2v) is 8.16. The highest BCUT2D eigenvalue weighted by atomic mass is 32.2. The number of imide groups is 1. The van der Waals surface area contributed by atoms with Crippen LogP contribution in [0.2, 0.25) is 0 Å². The molecule has 13 heteroatoms. The number of hydrogen-bond donors (Lipinski definition) is 2. The molecular weight excluding hydrogens is 419 g/mol. The Morgan fingerprint density at radius 2 is 1.83 bits per heavy atom. The number of nitrogens with two attached hydrogens (primary N) is 1. The lowest BCUT2D eigenvalue weighted by Gasteiger charge is -2.30. The highest BCUT2D eigenvalue weighted by Crippen LogP contribution is 2.32. The number of ether oxygens (including phenoxy) is 1. The van der Waals surface area contributed by atoms with E-state index in [-0.39, 0.29) is 25.9 Å². The third-order valence-electron chi connectivity index (χ3n) is 4.19. The first kappa shape index (κ1) is 22.6. The van der Waals surface area contributed by atoms with Crippen molar-refractivity contribution in [2.75, 3.05) is 19.7 Å². The molecule has 0 spiro atoms. The van der Waals surface area contributed by atoms with Crippen LogP contribution in [0.25, 0.3) is 0 Å². The molecule has 3 N–H and O–H groups in total. The minimum Gasteiger partial charge on any atom is -0.455 e. The van der Waals surface area contributed by atoms with E-state index < -0.39 is 57.1 Å². The number of benzene rings is 1. The van der Waals surface area contributed by atoms with Crippen LogP contribution in [0, 0.1) is 5.92 Å². The van der Waals surface area contributed by atoms with Crippen molar-refractivity contribution < 1.29 is 40.7 Å². The third-order valence-corrected chi connectivity index (χ3v) is 6.09. The van der Waals surface area contributed by atoms with Crippen molar-refractivity contribution in [2.24, 2.45) is 11.7 Å². The van der Waals surface area contributed by atoms with Gasteiger partial charge >= 0.3 is 18.2 Å². The number of nitrogens with one attached hydrogen (secondary N) is 1. The summed E-state index contributed by atoms with van der Waals surface area (Å²) in [6, 6.07) is 2.32. The van der Waals surface area contributed by atoms with E-state index in [1.165, 1.54) is 0 Å². The molecule has 2 rings (SSSR count). The van der Waals surface area contributed by atoms with Crippen molar-refractivity contribution in [1.82, 2.24) is 9.62 Å². The Morgan fingerprint density at radius 3 is 2.38 bits per heavy atom. The predicted molar refractivity (Wildman–Crippen MR) is 91.6 cm³/mol. The number of halogens is 3. The van der Waals surface area contributed by atoms with E-state index in [1.54, 1.807) is 5.32 Å². The SMILES string of the molecule is NC(=O)NC(=O)COC(=O)C1CCN(S(=O)(=O)c2cccc(C(F)(F)F)c2)CC1. The first-order chi connectivity index (χ1) is 13.4. The maximum atomic E-state index is 12.8. The fraction of sp³-hybridized carbons (Fsp3) is 0.438. The van der Waals surface area contributed by atoms with Gasteiger partial charge in [-0.15, -0.1) is 0 Å². The minimum absolute atomic E-state index is 0.0640. The predicted octanol–water partition coefficient (Wildman–Crippen LogP) is 0.844. The molecule has 1 heterocycles. The number of carbonyl (C=O) groups is 3. The van der Waals surface area contributed by atoms with Gasteiger partial charge in [-0.25, -0.2) is 13.2 Å².